The molecule has 0 aliphatic heterocycles. The molecule has 0 aromatic heterocycles. The van der Waals surface area contributed by atoms with E-state index >= 15 is 0 Å². The Kier molecular flexibility index (Phi) is 4.36. The number of carbonyl (C=O) groups excluding carboxylic acids is 1. The van der Waals surface area contributed by atoms with Crippen molar-refractivity contribution in [1.82, 2.24) is 0 Å². The summed E-state index contributed by atoms with van der Waals surface area (Å²) in [5.41, 5.74) is 0.163. The van der Waals surface area contributed by atoms with E-state index in [2.05, 4.69) is 5.32 Å². The van der Waals surface area contributed by atoms with Crippen LogP contribution in [0.5, 0.6) is 0 Å². The van der Waals surface area contributed by atoms with Gasteiger partial charge in [-0.25, -0.2) is 8.78 Å². The number of rotatable bonds is 2. The van der Waals surface area contributed by atoms with Gasteiger partial charge in [-0.1, -0.05) is 17.7 Å². The van der Waals surface area contributed by atoms with E-state index in [1.807, 2.05) is 22.6 Å². The SMILES string of the molecule is O=C(Nc1c(F)cccc1Cl)c1ccc(F)cc1I. The third-order valence-electron chi connectivity index (χ3n) is 2.38. The molecule has 0 saturated heterocycles. The highest BCUT2D eigenvalue weighted by atomic mass is 127. The second-order valence-corrected chi connectivity index (χ2v) is 5.24. The quantitative estimate of drug-likeness (QED) is 0.749. The smallest absolute Gasteiger partial charge is 0.256 e. The van der Waals surface area contributed by atoms with Crippen LogP contribution in [0.2, 0.25) is 5.02 Å². The lowest BCUT2D eigenvalue weighted by Gasteiger charge is -2.09. The first kappa shape index (κ1) is 14.2. The predicted molar refractivity (Wildman–Crippen MR) is 78.5 cm³/mol. The number of hydrogen-bond acceptors (Lipinski definition) is 1. The molecular weight excluding hydrogens is 387 g/mol. The first-order valence-corrected chi connectivity index (χ1v) is 6.65. The third kappa shape index (κ3) is 3.22. The molecule has 1 amide bonds. The van der Waals surface area contributed by atoms with Crippen LogP contribution in [0.4, 0.5) is 14.5 Å². The highest BCUT2D eigenvalue weighted by Crippen LogP contribution is 2.25. The lowest BCUT2D eigenvalue weighted by atomic mass is 10.2. The van der Waals surface area contributed by atoms with E-state index in [4.69, 9.17) is 11.6 Å². The topological polar surface area (TPSA) is 29.1 Å². The Bertz CT molecular complexity index is 628. The van der Waals surface area contributed by atoms with E-state index in [1.54, 1.807) is 0 Å². The molecule has 2 nitrogen and oxygen atoms in total. The van der Waals surface area contributed by atoms with Crippen molar-refractivity contribution >= 4 is 45.8 Å². The van der Waals surface area contributed by atoms with Crippen molar-refractivity contribution in [2.75, 3.05) is 5.32 Å². The molecule has 0 heterocycles. The number of benzene rings is 2. The fourth-order valence-corrected chi connectivity index (χ4v) is 2.40. The van der Waals surface area contributed by atoms with Gasteiger partial charge in [0.15, 0.2) is 0 Å². The van der Waals surface area contributed by atoms with Crippen LogP contribution in [-0.2, 0) is 0 Å². The maximum absolute atomic E-state index is 13.5. The monoisotopic (exact) mass is 393 g/mol. The summed E-state index contributed by atoms with van der Waals surface area (Å²) in [5.74, 6) is -1.61. The largest absolute Gasteiger partial charge is 0.318 e. The fourth-order valence-electron chi connectivity index (χ4n) is 1.47. The molecule has 0 radical (unpaired) electrons. The summed E-state index contributed by atoms with van der Waals surface area (Å²) in [6, 6.07) is 7.82. The first-order valence-electron chi connectivity index (χ1n) is 5.19. The van der Waals surface area contributed by atoms with Crippen LogP contribution in [0.25, 0.3) is 0 Å². The molecule has 19 heavy (non-hydrogen) atoms. The van der Waals surface area contributed by atoms with Crippen LogP contribution in [-0.4, -0.2) is 5.91 Å². The van der Waals surface area contributed by atoms with Crippen molar-refractivity contribution in [2.24, 2.45) is 0 Å². The molecule has 98 valence electrons. The standard InChI is InChI=1S/C13H7ClF2INO/c14-9-2-1-3-10(16)12(9)18-13(19)8-5-4-7(15)6-11(8)17/h1-6H,(H,18,19). The molecule has 0 unspecified atom stereocenters. The minimum absolute atomic E-state index is 0.0886. The van der Waals surface area contributed by atoms with Crippen LogP contribution in [0.1, 0.15) is 10.4 Å². The highest BCUT2D eigenvalue weighted by molar-refractivity contribution is 14.1. The van der Waals surface area contributed by atoms with Crippen molar-refractivity contribution in [1.29, 1.82) is 0 Å². The van der Waals surface area contributed by atoms with Crippen molar-refractivity contribution in [3.8, 4) is 0 Å². The molecular formula is C13H7ClF2INO. The van der Waals surface area contributed by atoms with Crippen LogP contribution in [0, 0.1) is 15.2 Å². The Hall–Kier alpha value is -1.21. The van der Waals surface area contributed by atoms with Gasteiger partial charge in [0.1, 0.15) is 11.6 Å². The zero-order chi connectivity index (χ0) is 14.0. The van der Waals surface area contributed by atoms with Gasteiger partial charge in [0, 0.05) is 3.57 Å². The minimum Gasteiger partial charge on any atom is -0.318 e. The molecule has 2 aromatic rings. The molecule has 6 heteroatoms. The molecule has 0 aliphatic carbocycles. The summed E-state index contributed by atoms with van der Waals surface area (Å²) < 4.78 is 26.9. The maximum atomic E-state index is 13.5. The van der Waals surface area contributed by atoms with Crippen LogP contribution < -0.4 is 5.32 Å². The molecule has 1 N–H and O–H groups in total. The average molecular weight is 394 g/mol. The van der Waals surface area contributed by atoms with E-state index < -0.39 is 17.5 Å². The second-order valence-electron chi connectivity index (χ2n) is 3.67. The Morgan fingerprint density at radius 1 is 1.21 bits per heavy atom. The van der Waals surface area contributed by atoms with Crippen molar-refractivity contribution in [3.05, 3.63) is 62.2 Å². The summed E-state index contributed by atoms with van der Waals surface area (Å²) in [7, 11) is 0. The Morgan fingerprint density at radius 2 is 1.95 bits per heavy atom. The number of carbonyl (C=O) groups is 1. The molecule has 0 fully saturated rings. The number of halogens is 4. The summed E-state index contributed by atoms with van der Waals surface area (Å²) in [6.07, 6.45) is 0. The van der Waals surface area contributed by atoms with Crippen molar-refractivity contribution < 1.29 is 13.6 Å². The van der Waals surface area contributed by atoms with Gasteiger partial charge in [0.05, 0.1) is 16.3 Å². The van der Waals surface area contributed by atoms with Gasteiger partial charge in [0.25, 0.3) is 5.91 Å². The van der Waals surface area contributed by atoms with Gasteiger partial charge in [-0.15, -0.1) is 0 Å². The number of hydrogen-bond donors (Lipinski definition) is 1. The maximum Gasteiger partial charge on any atom is 0.256 e. The van der Waals surface area contributed by atoms with E-state index in [-0.39, 0.29) is 16.3 Å². The summed E-state index contributed by atoms with van der Waals surface area (Å²) in [6.45, 7) is 0. The average Bonchev–Trinajstić information content (AvgIpc) is 2.33. The van der Waals surface area contributed by atoms with E-state index in [1.165, 1.54) is 36.4 Å². The molecule has 0 bridgehead atoms. The lowest BCUT2D eigenvalue weighted by Crippen LogP contribution is -2.15. The molecule has 0 saturated carbocycles. The van der Waals surface area contributed by atoms with Gasteiger partial charge in [0.2, 0.25) is 0 Å². The van der Waals surface area contributed by atoms with Gasteiger partial charge < -0.3 is 5.32 Å². The molecule has 0 spiro atoms. The Morgan fingerprint density at radius 3 is 2.58 bits per heavy atom. The summed E-state index contributed by atoms with van der Waals surface area (Å²) >= 11 is 7.64. The number of nitrogens with one attached hydrogen (secondary N) is 1. The van der Waals surface area contributed by atoms with Gasteiger partial charge >= 0.3 is 0 Å². The molecule has 2 rings (SSSR count). The second kappa shape index (κ2) is 5.83. The van der Waals surface area contributed by atoms with Gasteiger partial charge in [-0.05, 0) is 52.9 Å². The minimum atomic E-state index is -0.627. The zero-order valence-corrected chi connectivity index (χ0v) is 12.3. The predicted octanol–water partition coefficient (Wildman–Crippen LogP) is 4.48. The lowest BCUT2D eigenvalue weighted by molar-refractivity contribution is 0.102. The summed E-state index contributed by atoms with van der Waals surface area (Å²) in [5, 5.41) is 2.48. The Labute approximate surface area is 126 Å². The van der Waals surface area contributed by atoms with Crippen molar-refractivity contribution in [2.45, 2.75) is 0 Å². The fraction of sp³-hybridized carbons (Fsp3) is 0. The van der Waals surface area contributed by atoms with Crippen molar-refractivity contribution in [3.63, 3.8) is 0 Å². The Balaban J connectivity index is 2.31. The number of amides is 1. The van der Waals surface area contributed by atoms with Gasteiger partial charge in [-0.3, -0.25) is 4.79 Å². The third-order valence-corrected chi connectivity index (χ3v) is 3.58. The summed E-state index contributed by atoms with van der Waals surface area (Å²) in [4.78, 5) is 12.0. The molecule has 0 atom stereocenters. The van der Waals surface area contributed by atoms with Crippen LogP contribution in [0.3, 0.4) is 0 Å². The number of anilines is 1. The molecule has 0 aliphatic rings. The van der Waals surface area contributed by atoms with E-state index in [0.717, 1.165) is 0 Å². The first-order chi connectivity index (χ1) is 8.99. The van der Waals surface area contributed by atoms with E-state index in [0.29, 0.717) is 3.57 Å². The van der Waals surface area contributed by atoms with Crippen LogP contribution in [0.15, 0.2) is 36.4 Å². The van der Waals surface area contributed by atoms with Crippen LogP contribution >= 0.6 is 34.2 Å². The highest BCUT2D eigenvalue weighted by Gasteiger charge is 2.14. The number of para-hydroxylation sites is 1. The van der Waals surface area contributed by atoms with Gasteiger partial charge in [-0.2, -0.15) is 0 Å². The van der Waals surface area contributed by atoms with E-state index in [9.17, 15) is 13.6 Å². The zero-order valence-electron chi connectivity index (χ0n) is 9.38. The molecule has 2 aromatic carbocycles. The normalized spacial score (nSPS) is 10.3.